The van der Waals surface area contributed by atoms with E-state index in [1.807, 2.05) is 30.3 Å². The summed E-state index contributed by atoms with van der Waals surface area (Å²) in [6, 6.07) is 33.3. The molecule has 0 bridgehead atoms. The summed E-state index contributed by atoms with van der Waals surface area (Å²) >= 11 is 1.36. The molecule has 2 fully saturated rings. The molecule has 10 atom stereocenters. The molecule has 0 spiro atoms. The third-order valence-corrected chi connectivity index (χ3v) is 10.5. The van der Waals surface area contributed by atoms with Crippen molar-refractivity contribution in [2.75, 3.05) is 19.5 Å². The molecule has 2 heterocycles. The minimum Gasteiger partial charge on any atom is -0.456 e. The largest absolute Gasteiger partial charge is 0.456 e. The van der Waals surface area contributed by atoms with Crippen molar-refractivity contribution < 1.29 is 71.7 Å². The molecule has 0 radical (unpaired) electrons. The average Bonchev–Trinajstić information content (AvgIpc) is 3.26. The van der Waals surface area contributed by atoms with Gasteiger partial charge in [0.25, 0.3) is 0 Å². The van der Waals surface area contributed by atoms with Crippen LogP contribution < -0.4 is 0 Å². The van der Waals surface area contributed by atoms with E-state index in [0.717, 1.165) is 11.8 Å². The second kappa shape index (κ2) is 21.1. The highest BCUT2D eigenvalue weighted by Gasteiger charge is 2.55. The summed E-state index contributed by atoms with van der Waals surface area (Å²) in [4.78, 5) is 66.5. The molecular weight excluding hydrogens is 801 g/mol. The first-order valence-corrected chi connectivity index (χ1v) is 19.9. The zero-order valence-electron chi connectivity index (χ0n) is 32.8. The van der Waals surface area contributed by atoms with Crippen molar-refractivity contribution in [2.24, 2.45) is 0 Å². The average molecular weight is 845 g/mol. The Morgan fingerprint density at radius 3 is 1.43 bits per heavy atom. The van der Waals surface area contributed by atoms with Crippen LogP contribution in [0.25, 0.3) is 0 Å². The van der Waals surface area contributed by atoms with Crippen LogP contribution in [0.2, 0.25) is 0 Å². The van der Waals surface area contributed by atoms with Gasteiger partial charge in [0.1, 0.15) is 18.3 Å². The van der Waals surface area contributed by atoms with Crippen LogP contribution in [0.4, 0.5) is 0 Å². The Labute approximate surface area is 350 Å². The number of carbonyl (C=O) groups is 5. The van der Waals surface area contributed by atoms with E-state index in [0.29, 0.717) is 0 Å². The van der Waals surface area contributed by atoms with Gasteiger partial charge in [-0.1, -0.05) is 72.8 Å². The van der Waals surface area contributed by atoms with Crippen molar-refractivity contribution >= 4 is 41.6 Å². The summed E-state index contributed by atoms with van der Waals surface area (Å²) in [5.74, 6) is -3.80. The van der Waals surface area contributed by atoms with E-state index in [-0.39, 0.29) is 22.4 Å². The Balaban J connectivity index is 1.33. The van der Waals surface area contributed by atoms with E-state index in [4.69, 9.17) is 42.6 Å². The maximum Gasteiger partial charge on any atom is 0.338 e. The number of methoxy groups -OCH3 is 1. The van der Waals surface area contributed by atoms with Crippen molar-refractivity contribution in [1.82, 2.24) is 0 Å². The van der Waals surface area contributed by atoms with Gasteiger partial charge in [-0.15, -0.1) is 11.8 Å². The minimum absolute atomic E-state index is 0.141. The molecule has 2 aliphatic heterocycles. The lowest BCUT2D eigenvalue weighted by molar-refractivity contribution is -0.324. The molecule has 4 aromatic carbocycles. The summed E-state index contributed by atoms with van der Waals surface area (Å²) < 4.78 is 53.5. The van der Waals surface area contributed by atoms with Gasteiger partial charge in [-0.3, -0.25) is 9.59 Å². The lowest BCUT2D eigenvalue weighted by Gasteiger charge is -2.46. The fourth-order valence-electron chi connectivity index (χ4n) is 6.61. The third kappa shape index (κ3) is 11.3. The van der Waals surface area contributed by atoms with Crippen LogP contribution in [0.5, 0.6) is 0 Å². The molecule has 15 nitrogen and oxygen atoms in total. The second-order valence-corrected chi connectivity index (χ2v) is 14.7. The predicted octanol–water partition coefficient (Wildman–Crippen LogP) is 4.79. The van der Waals surface area contributed by atoms with Crippen LogP contribution in [0, 0.1) is 0 Å². The van der Waals surface area contributed by atoms with Gasteiger partial charge in [0, 0.05) is 31.6 Å². The number of thioether (sulfide) groups is 1. The quantitative estimate of drug-likeness (QED) is 0.0976. The van der Waals surface area contributed by atoms with Gasteiger partial charge in [0.15, 0.2) is 43.1 Å². The number of aliphatic hydroxyl groups excluding tert-OH is 1. The van der Waals surface area contributed by atoms with E-state index in [2.05, 4.69) is 0 Å². The first-order valence-electron chi connectivity index (χ1n) is 19.0. The van der Waals surface area contributed by atoms with Crippen molar-refractivity contribution in [3.8, 4) is 0 Å². The summed E-state index contributed by atoms with van der Waals surface area (Å²) in [5.41, 5.74) is 0.452. The summed E-state index contributed by atoms with van der Waals surface area (Å²) in [7, 11) is 1.28. The van der Waals surface area contributed by atoms with Crippen LogP contribution in [-0.2, 0) is 52.2 Å². The fraction of sp³-hybridized carbons (Fsp3) is 0.341. The molecule has 16 heteroatoms. The Kier molecular flexibility index (Phi) is 15.4. The maximum absolute atomic E-state index is 13.8. The monoisotopic (exact) mass is 844 g/mol. The highest BCUT2D eigenvalue weighted by Crippen LogP contribution is 2.34. The molecule has 0 aliphatic carbocycles. The van der Waals surface area contributed by atoms with Crippen LogP contribution >= 0.6 is 11.8 Å². The topological polar surface area (TPSA) is 189 Å². The first kappa shape index (κ1) is 43.9. The number of ether oxygens (including phenoxy) is 9. The van der Waals surface area contributed by atoms with Crippen molar-refractivity contribution in [3.63, 3.8) is 0 Å². The molecule has 4 aromatic rings. The number of esters is 5. The van der Waals surface area contributed by atoms with Gasteiger partial charge < -0.3 is 47.7 Å². The third-order valence-electron chi connectivity index (χ3n) is 9.38. The fourth-order valence-corrected chi connectivity index (χ4v) is 7.59. The lowest BCUT2D eigenvalue weighted by Crippen LogP contribution is -2.64. The number of benzene rings is 4. The number of hydrogen-bond acceptors (Lipinski definition) is 16. The summed E-state index contributed by atoms with van der Waals surface area (Å²) in [5, 5.41) is 11.6. The number of aliphatic hydroxyl groups is 1. The molecule has 0 aromatic heterocycles. The van der Waals surface area contributed by atoms with Gasteiger partial charge in [-0.05, 0) is 48.5 Å². The SMILES string of the molecule is CO[C@H]1O[C@H](CO[C@H]2O[C@H](CSc3ccccc3)[C@H](OC(C)=O)[C@H](OC(C)=O)[C@H]2O)[C@@H](OC(=O)c2ccccc2)[C@H](OC(=O)c2ccccc2)[C@H]1OC(=O)c1ccccc1. The smallest absolute Gasteiger partial charge is 0.338 e. The highest BCUT2D eigenvalue weighted by atomic mass is 32.2. The minimum atomic E-state index is -1.71. The van der Waals surface area contributed by atoms with Crippen LogP contribution in [0.1, 0.15) is 44.9 Å². The van der Waals surface area contributed by atoms with Gasteiger partial charge >= 0.3 is 29.8 Å². The number of carbonyl (C=O) groups excluding carboxylic acids is 5. The summed E-state index contributed by atoms with van der Waals surface area (Å²) in [6.45, 7) is 1.79. The normalized spacial score (nSPS) is 26.2. The lowest BCUT2D eigenvalue weighted by atomic mass is 9.97. The van der Waals surface area contributed by atoms with E-state index < -0.39 is 97.9 Å². The number of rotatable bonds is 15. The van der Waals surface area contributed by atoms with Crippen LogP contribution in [0.15, 0.2) is 126 Å². The van der Waals surface area contributed by atoms with Crippen molar-refractivity contribution in [3.05, 3.63) is 138 Å². The molecule has 60 heavy (non-hydrogen) atoms. The Hall–Kier alpha value is -5.62. The number of hydrogen-bond donors (Lipinski definition) is 1. The molecule has 1 N–H and O–H groups in total. The predicted molar refractivity (Wildman–Crippen MR) is 212 cm³/mol. The van der Waals surface area contributed by atoms with Gasteiger partial charge in [-0.25, -0.2) is 14.4 Å². The van der Waals surface area contributed by atoms with E-state index in [1.54, 1.807) is 54.6 Å². The molecule has 2 aliphatic rings. The van der Waals surface area contributed by atoms with E-state index >= 15 is 0 Å². The molecule has 6 rings (SSSR count). The van der Waals surface area contributed by atoms with Gasteiger partial charge in [-0.2, -0.15) is 0 Å². The van der Waals surface area contributed by atoms with Crippen LogP contribution in [0.3, 0.4) is 0 Å². The van der Waals surface area contributed by atoms with Crippen LogP contribution in [-0.4, -0.2) is 116 Å². The molecule has 316 valence electrons. The van der Waals surface area contributed by atoms with Gasteiger partial charge in [0.2, 0.25) is 0 Å². The maximum atomic E-state index is 13.8. The molecule has 0 amide bonds. The van der Waals surface area contributed by atoms with E-state index in [1.165, 1.54) is 62.2 Å². The highest BCUT2D eigenvalue weighted by molar-refractivity contribution is 7.99. The molecule has 2 saturated heterocycles. The van der Waals surface area contributed by atoms with Gasteiger partial charge in [0.05, 0.1) is 23.3 Å². The zero-order valence-corrected chi connectivity index (χ0v) is 33.6. The molecule has 0 saturated carbocycles. The van der Waals surface area contributed by atoms with Crippen molar-refractivity contribution in [1.29, 1.82) is 0 Å². The first-order chi connectivity index (χ1) is 29.0. The second-order valence-electron chi connectivity index (χ2n) is 13.6. The Morgan fingerprint density at radius 2 is 0.950 bits per heavy atom. The summed E-state index contributed by atoms with van der Waals surface area (Å²) in [6.07, 6.45) is -14.3. The van der Waals surface area contributed by atoms with E-state index in [9.17, 15) is 29.1 Å². The standard InChI is InChI=1S/C44H44O15S/c1-26(45)53-36-33(25-60-31-22-14-7-15-23-31)56-43(34(47)37(36)54-27(2)46)52-24-32-35(57-40(48)28-16-8-4-9-17-28)38(58-41(49)29-18-10-5-11-19-29)39(44(51-3)55-32)59-42(50)30-20-12-6-13-21-30/h4-23,32-39,43-44,47H,24-25H2,1-3H3/t32-,33-,34-,35-,36+,37-,38+,39-,43+,44+/m1/s1. The molecular formula is C44H44O15S. The zero-order chi connectivity index (χ0) is 42.6. The molecule has 0 unspecified atom stereocenters. The Morgan fingerprint density at radius 1 is 0.533 bits per heavy atom. The van der Waals surface area contributed by atoms with Crippen molar-refractivity contribution in [2.45, 2.75) is 80.2 Å². The Bertz CT molecular complexity index is 2040.